The van der Waals surface area contributed by atoms with Crippen molar-refractivity contribution < 1.29 is 27.4 Å². The van der Waals surface area contributed by atoms with Crippen LogP contribution >= 0.6 is 0 Å². The maximum atomic E-state index is 12.7. The van der Waals surface area contributed by atoms with Crippen LogP contribution in [-0.4, -0.2) is 19.0 Å². The third-order valence-electron chi connectivity index (χ3n) is 3.49. The number of halogens is 3. The Hall–Kier alpha value is -2.76. The molecule has 0 atom stereocenters. The first-order valence-corrected chi connectivity index (χ1v) is 7.23. The predicted octanol–water partition coefficient (Wildman–Crippen LogP) is 4.37. The monoisotopic (exact) mass is 334 g/mol. The molecule has 6 heteroatoms. The second-order valence-electron chi connectivity index (χ2n) is 5.15. The molecule has 0 unspecified atom stereocenters. The third-order valence-corrected chi connectivity index (χ3v) is 3.49. The second-order valence-corrected chi connectivity index (χ2v) is 5.15. The molecule has 0 spiro atoms. The zero-order valence-corrected chi connectivity index (χ0v) is 12.5. The molecule has 0 radical (unpaired) electrons. The Labute approximate surface area is 136 Å². The van der Waals surface area contributed by atoms with Crippen molar-refractivity contribution >= 4 is 11.9 Å². The lowest BCUT2D eigenvalue weighted by Crippen LogP contribution is -2.15. The van der Waals surface area contributed by atoms with E-state index in [1.807, 2.05) is 0 Å². The first-order valence-electron chi connectivity index (χ1n) is 7.23. The van der Waals surface area contributed by atoms with Crippen molar-refractivity contribution in [2.45, 2.75) is 6.18 Å². The number of alkyl halides is 3. The van der Waals surface area contributed by atoms with Crippen LogP contribution in [0.1, 0.15) is 21.5 Å². The number of hydrogen-bond acceptors (Lipinski definition) is 3. The van der Waals surface area contributed by atoms with Gasteiger partial charge in [-0.25, -0.2) is 0 Å². The van der Waals surface area contributed by atoms with E-state index < -0.39 is 17.5 Å². The molecule has 0 N–H and O–H groups in total. The average Bonchev–Trinajstić information content (AvgIpc) is 2.59. The van der Waals surface area contributed by atoms with E-state index in [0.717, 1.165) is 12.1 Å². The lowest BCUT2D eigenvalue weighted by Gasteiger charge is -2.19. The molecule has 0 aliphatic carbocycles. The molecule has 0 aromatic heterocycles. The molecule has 0 saturated heterocycles. The van der Waals surface area contributed by atoms with Gasteiger partial charge >= 0.3 is 6.18 Å². The van der Waals surface area contributed by atoms with Crippen molar-refractivity contribution in [3.63, 3.8) is 0 Å². The summed E-state index contributed by atoms with van der Waals surface area (Å²) in [5.74, 6) is 0.585. The molecule has 24 heavy (non-hydrogen) atoms. The quantitative estimate of drug-likeness (QED) is 0.617. The van der Waals surface area contributed by atoms with Crippen LogP contribution in [0.2, 0.25) is 0 Å². The number of benzene rings is 2. The highest BCUT2D eigenvalue weighted by atomic mass is 19.4. The summed E-state index contributed by atoms with van der Waals surface area (Å²) in [4.78, 5) is 12.1. The largest absolute Gasteiger partial charge is 0.486 e. The number of carbonyl (C=O) groups is 1. The molecular weight excluding hydrogens is 321 g/mol. The van der Waals surface area contributed by atoms with Gasteiger partial charge in [0.05, 0.1) is 5.56 Å². The Morgan fingerprint density at radius 3 is 2.58 bits per heavy atom. The molecule has 0 bridgehead atoms. The minimum Gasteiger partial charge on any atom is -0.486 e. The number of rotatable bonds is 3. The normalized spacial score (nSPS) is 14.0. The first-order chi connectivity index (χ1) is 11.4. The van der Waals surface area contributed by atoms with Crippen LogP contribution in [-0.2, 0) is 6.18 Å². The zero-order chi connectivity index (χ0) is 17.2. The zero-order valence-electron chi connectivity index (χ0n) is 12.5. The lowest BCUT2D eigenvalue weighted by molar-refractivity contribution is -0.137. The van der Waals surface area contributed by atoms with Crippen molar-refractivity contribution in [3.8, 4) is 11.5 Å². The van der Waals surface area contributed by atoms with E-state index >= 15 is 0 Å². The molecule has 1 aliphatic rings. The van der Waals surface area contributed by atoms with Crippen molar-refractivity contribution in [3.05, 3.63) is 65.2 Å². The first kappa shape index (κ1) is 16.1. The number of ketones is 1. The van der Waals surface area contributed by atoms with Gasteiger partial charge in [-0.1, -0.05) is 24.3 Å². The van der Waals surface area contributed by atoms with Crippen LogP contribution in [0, 0.1) is 0 Å². The Kier molecular flexibility index (Phi) is 4.29. The van der Waals surface area contributed by atoms with Crippen LogP contribution in [0.4, 0.5) is 13.2 Å². The molecular formula is C18H13F3O3. The van der Waals surface area contributed by atoms with E-state index in [4.69, 9.17) is 9.47 Å². The molecule has 3 nitrogen and oxygen atoms in total. The van der Waals surface area contributed by atoms with Crippen molar-refractivity contribution in [1.82, 2.24) is 0 Å². The highest BCUT2D eigenvalue weighted by molar-refractivity contribution is 6.07. The molecule has 2 aromatic rings. The average molecular weight is 334 g/mol. The van der Waals surface area contributed by atoms with Crippen molar-refractivity contribution in [2.75, 3.05) is 13.2 Å². The molecule has 124 valence electrons. The summed E-state index contributed by atoms with van der Waals surface area (Å²) in [6.07, 6.45) is -1.75. The summed E-state index contributed by atoms with van der Waals surface area (Å²) >= 11 is 0. The maximum absolute atomic E-state index is 12.7. The Balaban J connectivity index is 1.84. The van der Waals surface area contributed by atoms with Crippen molar-refractivity contribution in [2.24, 2.45) is 0 Å². The fraction of sp³-hybridized carbons (Fsp3) is 0.167. The topological polar surface area (TPSA) is 35.5 Å². The summed E-state index contributed by atoms with van der Waals surface area (Å²) < 4.78 is 49.1. The van der Waals surface area contributed by atoms with Gasteiger partial charge in [0.25, 0.3) is 0 Å². The summed E-state index contributed by atoms with van der Waals surface area (Å²) in [5.41, 5.74) is -0.244. The Morgan fingerprint density at radius 2 is 1.79 bits per heavy atom. The fourth-order valence-electron chi connectivity index (χ4n) is 2.34. The van der Waals surface area contributed by atoms with Gasteiger partial charge in [0.2, 0.25) is 0 Å². The van der Waals surface area contributed by atoms with Gasteiger partial charge in [0.15, 0.2) is 17.3 Å². The molecule has 0 fully saturated rings. The van der Waals surface area contributed by atoms with Crippen molar-refractivity contribution in [1.29, 1.82) is 0 Å². The van der Waals surface area contributed by atoms with Crippen LogP contribution in [0.3, 0.4) is 0 Å². The van der Waals surface area contributed by atoms with Crippen LogP contribution in [0.15, 0.2) is 48.5 Å². The molecule has 3 rings (SSSR count). The van der Waals surface area contributed by atoms with E-state index in [1.54, 1.807) is 18.2 Å². The molecule has 1 aliphatic heterocycles. The SMILES string of the molecule is O=C(/C=C/c1cccc2c1OCCO2)c1cccc(C(F)(F)F)c1. The second kappa shape index (κ2) is 6.39. The smallest absolute Gasteiger partial charge is 0.416 e. The number of allylic oxidation sites excluding steroid dienone is 1. The van der Waals surface area contributed by atoms with Gasteiger partial charge < -0.3 is 9.47 Å². The molecule has 0 saturated carbocycles. The highest BCUT2D eigenvalue weighted by Crippen LogP contribution is 2.34. The molecule has 1 heterocycles. The summed E-state index contributed by atoms with van der Waals surface area (Å²) in [6.45, 7) is 0.850. The van der Waals surface area contributed by atoms with Gasteiger partial charge in [-0.05, 0) is 30.4 Å². The van der Waals surface area contributed by atoms with Gasteiger partial charge in [-0.3, -0.25) is 4.79 Å². The minimum atomic E-state index is -4.48. The van der Waals surface area contributed by atoms with Crippen LogP contribution in [0.25, 0.3) is 6.08 Å². The number of hydrogen-bond donors (Lipinski definition) is 0. The van der Waals surface area contributed by atoms with E-state index in [1.165, 1.54) is 24.3 Å². The van der Waals surface area contributed by atoms with E-state index in [0.29, 0.717) is 30.3 Å². The fourth-order valence-corrected chi connectivity index (χ4v) is 2.34. The lowest BCUT2D eigenvalue weighted by atomic mass is 10.1. The standard InChI is InChI=1S/C18H13F3O3/c19-18(20,21)14-5-1-4-13(11-14)15(22)8-7-12-3-2-6-16-17(12)24-10-9-23-16/h1-8,11H,9-10H2/b8-7+. The number of carbonyl (C=O) groups excluding carboxylic acids is 1. The van der Waals surface area contributed by atoms with E-state index in [9.17, 15) is 18.0 Å². The number of para-hydroxylation sites is 1. The summed E-state index contributed by atoms with van der Waals surface area (Å²) in [7, 11) is 0. The Bertz CT molecular complexity index is 794. The minimum absolute atomic E-state index is 0.0250. The van der Waals surface area contributed by atoms with E-state index in [-0.39, 0.29) is 5.56 Å². The predicted molar refractivity (Wildman–Crippen MR) is 82.2 cm³/mol. The molecule has 2 aromatic carbocycles. The third kappa shape index (κ3) is 3.42. The summed E-state index contributed by atoms with van der Waals surface area (Å²) in [5, 5.41) is 0. The number of fused-ring (bicyclic) bond motifs is 1. The van der Waals surface area contributed by atoms with Gasteiger partial charge in [-0.15, -0.1) is 0 Å². The molecule has 0 amide bonds. The van der Waals surface area contributed by atoms with Gasteiger partial charge in [0.1, 0.15) is 13.2 Å². The van der Waals surface area contributed by atoms with Crippen LogP contribution in [0.5, 0.6) is 11.5 Å². The highest BCUT2D eigenvalue weighted by Gasteiger charge is 2.30. The van der Waals surface area contributed by atoms with Gasteiger partial charge in [-0.2, -0.15) is 13.2 Å². The van der Waals surface area contributed by atoms with Gasteiger partial charge in [0, 0.05) is 11.1 Å². The van der Waals surface area contributed by atoms with Crippen LogP contribution < -0.4 is 9.47 Å². The van der Waals surface area contributed by atoms with E-state index in [2.05, 4.69) is 0 Å². The Morgan fingerprint density at radius 1 is 1.04 bits per heavy atom. The number of ether oxygens (including phenoxy) is 2. The maximum Gasteiger partial charge on any atom is 0.416 e. The summed E-state index contributed by atoms with van der Waals surface area (Å²) in [6, 6.07) is 9.57.